The lowest BCUT2D eigenvalue weighted by molar-refractivity contribution is -0.121. The topological polar surface area (TPSA) is 90.5 Å². The van der Waals surface area contributed by atoms with Crippen molar-refractivity contribution in [1.29, 1.82) is 0 Å². The van der Waals surface area contributed by atoms with Gasteiger partial charge in [0, 0.05) is 13.1 Å². The van der Waals surface area contributed by atoms with E-state index in [4.69, 9.17) is 0 Å². The molecule has 18 heavy (non-hydrogen) atoms. The van der Waals surface area contributed by atoms with E-state index in [0.29, 0.717) is 25.9 Å². The van der Waals surface area contributed by atoms with Crippen LogP contribution in [0.5, 0.6) is 0 Å². The van der Waals surface area contributed by atoms with Crippen LogP contribution in [0.3, 0.4) is 0 Å². The Balaban J connectivity index is 4.12. The van der Waals surface area contributed by atoms with E-state index < -0.39 is 23.6 Å². The highest BCUT2D eigenvalue weighted by atomic mass is 16.3. The predicted molar refractivity (Wildman–Crippen MR) is 70.2 cm³/mol. The third-order valence-corrected chi connectivity index (χ3v) is 3.02. The van der Waals surface area contributed by atoms with Crippen molar-refractivity contribution in [3.8, 4) is 0 Å². The average molecular weight is 259 g/mol. The van der Waals surface area contributed by atoms with Gasteiger partial charge in [-0.2, -0.15) is 0 Å². The van der Waals surface area contributed by atoms with Crippen LogP contribution in [0.4, 0.5) is 4.79 Å². The number of amides is 3. The summed E-state index contributed by atoms with van der Waals surface area (Å²) in [5.41, 5.74) is -0.805. The zero-order chi connectivity index (χ0) is 14.2. The molecule has 4 N–H and O–H groups in total. The van der Waals surface area contributed by atoms with Crippen molar-refractivity contribution >= 4 is 11.9 Å². The number of urea groups is 1. The van der Waals surface area contributed by atoms with Crippen molar-refractivity contribution in [2.75, 3.05) is 13.1 Å². The zero-order valence-corrected chi connectivity index (χ0v) is 11.7. The summed E-state index contributed by atoms with van der Waals surface area (Å²) >= 11 is 0. The summed E-state index contributed by atoms with van der Waals surface area (Å²) in [6, 6.07) is -1.03. The minimum absolute atomic E-state index is 0.323. The van der Waals surface area contributed by atoms with E-state index in [1.807, 2.05) is 13.8 Å². The van der Waals surface area contributed by atoms with Crippen molar-refractivity contribution in [1.82, 2.24) is 16.0 Å². The highest BCUT2D eigenvalue weighted by Gasteiger charge is 2.24. The van der Waals surface area contributed by atoms with Crippen molar-refractivity contribution < 1.29 is 14.7 Å². The largest absolute Gasteiger partial charge is 0.389 e. The van der Waals surface area contributed by atoms with Gasteiger partial charge in [-0.25, -0.2) is 4.79 Å². The smallest absolute Gasteiger partial charge is 0.321 e. The molecule has 106 valence electrons. The number of rotatable bonds is 7. The summed E-state index contributed by atoms with van der Waals surface area (Å²) in [7, 11) is 0. The quantitative estimate of drug-likeness (QED) is 0.531. The van der Waals surface area contributed by atoms with E-state index in [1.54, 1.807) is 13.8 Å². The van der Waals surface area contributed by atoms with Gasteiger partial charge >= 0.3 is 6.03 Å². The molecule has 0 bridgehead atoms. The normalized spacial score (nSPS) is 12.9. The van der Waals surface area contributed by atoms with Gasteiger partial charge in [-0.15, -0.1) is 0 Å². The Morgan fingerprint density at radius 1 is 1.22 bits per heavy atom. The molecule has 6 nitrogen and oxygen atoms in total. The summed E-state index contributed by atoms with van der Waals surface area (Å²) in [6.07, 6.45) is 1.22. The molecule has 0 aromatic rings. The number of carbonyl (C=O) groups is 2. The second-order valence-corrected chi connectivity index (χ2v) is 4.38. The van der Waals surface area contributed by atoms with Gasteiger partial charge in [0.05, 0.1) is 11.6 Å². The fourth-order valence-electron chi connectivity index (χ4n) is 1.36. The Morgan fingerprint density at radius 3 is 2.22 bits per heavy atom. The molecule has 1 atom stereocenters. The molecule has 0 saturated heterocycles. The number of carbonyl (C=O) groups excluding carboxylic acids is 2. The molecule has 3 amide bonds. The number of aliphatic hydroxyl groups is 1. The maximum absolute atomic E-state index is 11.6. The molecule has 0 rings (SSSR count). The summed E-state index contributed by atoms with van der Waals surface area (Å²) in [5.74, 6) is -0.407. The lowest BCUT2D eigenvalue weighted by Gasteiger charge is -2.27. The second kappa shape index (κ2) is 8.05. The molecular weight excluding hydrogens is 234 g/mol. The Hall–Kier alpha value is -1.14. The van der Waals surface area contributed by atoms with Gasteiger partial charge in [0.1, 0.15) is 0 Å². The third kappa shape index (κ3) is 5.97. The van der Waals surface area contributed by atoms with Crippen LogP contribution in [0.25, 0.3) is 0 Å². The molecule has 0 heterocycles. The van der Waals surface area contributed by atoms with Gasteiger partial charge in [0.25, 0.3) is 0 Å². The van der Waals surface area contributed by atoms with Gasteiger partial charge in [0.15, 0.2) is 0 Å². The van der Waals surface area contributed by atoms with Gasteiger partial charge in [0.2, 0.25) is 5.91 Å². The van der Waals surface area contributed by atoms with E-state index in [2.05, 4.69) is 16.0 Å². The Kier molecular flexibility index (Phi) is 7.54. The first-order valence-electron chi connectivity index (χ1n) is 6.43. The SMILES string of the molecule is CCNC(=O)NC(=O)C(C)NCC(O)(CC)CC. The van der Waals surface area contributed by atoms with E-state index in [9.17, 15) is 14.7 Å². The van der Waals surface area contributed by atoms with Crippen molar-refractivity contribution in [2.24, 2.45) is 0 Å². The Morgan fingerprint density at radius 2 is 1.78 bits per heavy atom. The van der Waals surface area contributed by atoms with Gasteiger partial charge in [-0.05, 0) is 26.7 Å². The molecule has 0 fully saturated rings. The fourth-order valence-corrected chi connectivity index (χ4v) is 1.36. The third-order valence-electron chi connectivity index (χ3n) is 3.02. The van der Waals surface area contributed by atoms with Crippen LogP contribution in [0, 0.1) is 0 Å². The number of hydrogen-bond donors (Lipinski definition) is 4. The molecule has 0 radical (unpaired) electrons. The van der Waals surface area contributed by atoms with Crippen LogP contribution in [-0.2, 0) is 4.79 Å². The van der Waals surface area contributed by atoms with Gasteiger partial charge < -0.3 is 15.7 Å². The van der Waals surface area contributed by atoms with E-state index in [-0.39, 0.29) is 0 Å². The first-order valence-corrected chi connectivity index (χ1v) is 6.43. The van der Waals surface area contributed by atoms with Gasteiger partial charge in [-0.1, -0.05) is 13.8 Å². The van der Waals surface area contributed by atoms with E-state index in [1.165, 1.54) is 0 Å². The Labute approximate surface area is 109 Å². The summed E-state index contributed by atoms with van der Waals surface area (Å²) in [5, 5.41) is 17.7. The number of imide groups is 1. The van der Waals surface area contributed by atoms with Crippen LogP contribution in [-0.4, -0.2) is 41.8 Å². The van der Waals surface area contributed by atoms with Gasteiger partial charge in [-0.3, -0.25) is 10.1 Å². The van der Waals surface area contributed by atoms with Crippen LogP contribution in [0.15, 0.2) is 0 Å². The standard InChI is InChI=1S/C12H25N3O3/c1-5-12(18,6-2)8-14-9(4)10(16)15-11(17)13-7-3/h9,14,18H,5-8H2,1-4H3,(H2,13,15,16,17). The molecule has 6 heteroatoms. The lowest BCUT2D eigenvalue weighted by atomic mass is 9.97. The van der Waals surface area contributed by atoms with Crippen molar-refractivity contribution in [3.63, 3.8) is 0 Å². The maximum Gasteiger partial charge on any atom is 0.321 e. The summed E-state index contributed by atoms with van der Waals surface area (Å²) < 4.78 is 0. The van der Waals surface area contributed by atoms with Crippen LogP contribution in [0.2, 0.25) is 0 Å². The summed E-state index contributed by atoms with van der Waals surface area (Å²) in [6.45, 7) is 8.00. The maximum atomic E-state index is 11.6. The summed E-state index contributed by atoms with van der Waals surface area (Å²) in [4.78, 5) is 22.8. The molecular formula is C12H25N3O3. The highest BCUT2D eigenvalue weighted by molar-refractivity contribution is 5.96. The molecule has 0 aliphatic rings. The molecule has 0 aliphatic heterocycles. The lowest BCUT2D eigenvalue weighted by Crippen LogP contribution is -2.51. The van der Waals surface area contributed by atoms with Crippen LogP contribution in [0.1, 0.15) is 40.5 Å². The number of hydrogen-bond acceptors (Lipinski definition) is 4. The second-order valence-electron chi connectivity index (χ2n) is 4.38. The fraction of sp³-hybridized carbons (Fsp3) is 0.833. The first kappa shape index (κ1) is 16.9. The molecule has 0 aromatic carbocycles. The molecule has 0 aliphatic carbocycles. The average Bonchev–Trinajstić information content (AvgIpc) is 2.35. The monoisotopic (exact) mass is 259 g/mol. The Bertz CT molecular complexity index is 278. The highest BCUT2D eigenvalue weighted by Crippen LogP contribution is 2.12. The van der Waals surface area contributed by atoms with Crippen LogP contribution >= 0.6 is 0 Å². The van der Waals surface area contributed by atoms with Crippen molar-refractivity contribution in [2.45, 2.75) is 52.2 Å². The first-order chi connectivity index (χ1) is 8.38. The predicted octanol–water partition coefficient (Wildman–Crippen LogP) is 0.361. The van der Waals surface area contributed by atoms with Crippen LogP contribution < -0.4 is 16.0 Å². The zero-order valence-electron chi connectivity index (χ0n) is 11.7. The minimum atomic E-state index is -0.805. The molecule has 0 spiro atoms. The number of nitrogens with one attached hydrogen (secondary N) is 3. The van der Waals surface area contributed by atoms with E-state index in [0.717, 1.165) is 0 Å². The molecule has 0 saturated carbocycles. The molecule has 1 unspecified atom stereocenters. The minimum Gasteiger partial charge on any atom is -0.389 e. The van der Waals surface area contributed by atoms with E-state index >= 15 is 0 Å². The molecule has 0 aromatic heterocycles. The van der Waals surface area contributed by atoms with Crippen molar-refractivity contribution in [3.05, 3.63) is 0 Å².